The first-order valence-electron chi connectivity index (χ1n) is 9.72. The molecule has 6 heteroatoms. The predicted molar refractivity (Wildman–Crippen MR) is 125 cm³/mol. The summed E-state index contributed by atoms with van der Waals surface area (Å²) < 4.78 is 11.7. The minimum Gasteiger partial charge on any atom is -0.493 e. The molecule has 0 spiro atoms. The van der Waals surface area contributed by atoms with Crippen molar-refractivity contribution >= 4 is 24.8 Å². The van der Waals surface area contributed by atoms with Crippen molar-refractivity contribution in [2.75, 3.05) is 33.3 Å². The van der Waals surface area contributed by atoms with Gasteiger partial charge in [-0.1, -0.05) is 42.5 Å². The monoisotopic (exact) mass is 438 g/mol. The lowest BCUT2D eigenvalue weighted by Gasteiger charge is -2.35. The second-order valence-corrected chi connectivity index (χ2v) is 6.85. The highest BCUT2D eigenvalue weighted by molar-refractivity contribution is 5.85. The van der Waals surface area contributed by atoms with E-state index in [9.17, 15) is 0 Å². The SMILES string of the molecule is C=CCC[C@@H](c1ccc(OCc2ccccc2)c(OC)c1)N1CCNCC1.Cl.Cl. The van der Waals surface area contributed by atoms with Crippen LogP contribution in [0.3, 0.4) is 0 Å². The first-order chi connectivity index (χ1) is 13.3. The molecule has 0 aromatic heterocycles. The lowest BCUT2D eigenvalue weighted by atomic mass is 9.99. The van der Waals surface area contributed by atoms with Crippen LogP contribution in [0.4, 0.5) is 0 Å². The third-order valence-corrected chi connectivity index (χ3v) is 5.05. The molecule has 1 fully saturated rings. The summed E-state index contributed by atoms with van der Waals surface area (Å²) in [6, 6.07) is 16.9. The fraction of sp³-hybridized carbons (Fsp3) is 0.391. The highest BCUT2D eigenvalue weighted by Gasteiger charge is 2.22. The Kier molecular flexibility index (Phi) is 11.8. The van der Waals surface area contributed by atoms with E-state index in [0.29, 0.717) is 12.6 Å². The number of allylic oxidation sites excluding steroid dienone is 1. The lowest BCUT2D eigenvalue weighted by molar-refractivity contribution is 0.165. The summed E-state index contributed by atoms with van der Waals surface area (Å²) in [6.45, 7) is 8.65. The molecule has 1 saturated heterocycles. The topological polar surface area (TPSA) is 33.7 Å². The summed E-state index contributed by atoms with van der Waals surface area (Å²) in [7, 11) is 1.71. The normalized spacial score (nSPS) is 14.8. The number of methoxy groups -OCH3 is 1. The first-order valence-corrected chi connectivity index (χ1v) is 9.72. The van der Waals surface area contributed by atoms with Crippen molar-refractivity contribution < 1.29 is 9.47 Å². The van der Waals surface area contributed by atoms with Gasteiger partial charge < -0.3 is 14.8 Å². The molecule has 0 radical (unpaired) electrons. The Balaban J connectivity index is 0.00000210. The number of benzene rings is 2. The van der Waals surface area contributed by atoms with Gasteiger partial charge in [0.05, 0.1) is 7.11 Å². The van der Waals surface area contributed by atoms with E-state index < -0.39 is 0 Å². The molecular formula is C23H32Cl2N2O2. The molecule has 0 bridgehead atoms. The second-order valence-electron chi connectivity index (χ2n) is 6.85. The van der Waals surface area contributed by atoms with Crippen LogP contribution in [0.2, 0.25) is 0 Å². The number of rotatable bonds is 9. The number of nitrogens with one attached hydrogen (secondary N) is 1. The van der Waals surface area contributed by atoms with Gasteiger partial charge in [0, 0.05) is 32.2 Å². The Morgan fingerprint density at radius 2 is 1.79 bits per heavy atom. The van der Waals surface area contributed by atoms with Crippen molar-refractivity contribution in [3.63, 3.8) is 0 Å². The number of hydrogen-bond acceptors (Lipinski definition) is 4. The molecule has 1 heterocycles. The van der Waals surface area contributed by atoms with Gasteiger partial charge in [0.25, 0.3) is 0 Å². The van der Waals surface area contributed by atoms with Crippen LogP contribution in [0.5, 0.6) is 11.5 Å². The van der Waals surface area contributed by atoms with Crippen LogP contribution < -0.4 is 14.8 Å². The summed E-state index contributed by atoms with van der Waals surface area (Å²) >= 11 is 0. The zero-order chi connectivity index (χ0) is 18.9. The van der Waals surface area contributed by atoms with E-state index in [0.717, 1.165) is 56.1 Å². The molecule has 160 valence electrons. The first kappa shape index (κ1) is 25.3. The molecule has 0 saturated carbocycles. The third kappa shape index (κ3) is 7.23. The van der Waals surface area contributed by atoms with Crippen LogP contribution in [-0.2, 0) is 6.61 Å². The third-order valence-electron chi connectivity index (χ3n) is 5.05. The van der Waals surface area contributed by atoms with Crippen molar-refractivity contribution in [1.82, 2.24) is 10.2 Å². The molecule has 0 aliphatic carbocycles. The average Bonchev–Trinajstić information content (AvgIpc) is 2.74. The standard InChI is InChI=1S/C23H30N2O2.2ClH/c1-3-4-10-21(25-15-13-24-14-16-25)20-11-12-22(23(17-20)26-2)27-18-19-8-6-5-7-9-19;;/h3,5-9,11-12,17,21,24H,1,4,10,13-16,18H2,2H3;2*1H/t21-;;/m0../s1. The molecule has 1 aliphatic heterocycles. The van der Waals surface area contributed by atoms with Gasteiger partial charge in [0.15, 0.2) is 11.5 Å². The summed E-state index contributed by atoms with van der Waals surface area (Å²) in [5, 5.41) is 3.43. The van der Waals surface area contributed by atoms with Gasteiger partial charge in [-0.2, -0.15) is 0 Å². The van der Waals surface area contributed by atoms with Gasteiger partial charge in [-0.05, 0) is 36.1 Å². The molecule has 2 aromatic carbocycles. The van der Waals surface area contributed by atoms with Crippen LogP contribution in [0.1, 0.15) is 30.0 Å². The van der Waals surface area contributed by atoms with Gasteiger partial charge in [-0.15, -0.1) is 31.4 Å². The minimum absolute atomic E-state index is 0. The van der Waals surface area contributed by atoms with Crippen molar-refractivity contribution in [2.24, 2.45) is 0 Å². The summed E-state index contributed by atoms with van der Waals surface area (Å²) in [6.07, 6.45) is 4.07. The molecular weight excluding hydrogens is 407 g/mol. The van der Waals surface area contributed by atoms with Crippen molar-refractivity contribution in [3.05, 3.63) is 72.3 Å². The zero-order valence-corrected chi connectivity index (χ0v) is 18.6. The molecule has 4 nitrogen and oxygen atoms in total. The maximum Gasteiger partial charge on any atom is 0.161 e. The Labute approximate surface area is 187 Å². The number of nitrogens with zero attached hydrogens (tertiary/aromatic N) is 1. The maximum absolute atomic E-state index is 6.01. The van der Waals surface area contributed by atoms with Crippen molar-refractivity contribution in [1.29, 1.82) is 0 Å². The highest BCUT2D eigenvalue weighted by Crippen LogP contribution is 2.34. The van der Waals surface area contributed by atoms with Crippen LogP contribution >= 0.6 is 24.8 Å². The molecule has 0 unspecified atom stereocenters. The summed E-state index contributed by atoms with van der Waals surface area (Å²) in [5.41, 5.74) is 2.43. The molecule has 1 atom stereocenters. The van der Waals surface area contributed by atoms with Gasteiger partial charge in [-0.3, -0.25) is 4.90 Å². The summed E-state index contributed by atoms with van der Waals surface area (Å²) in [4.78, 5) is 2.55. The van der Waals surface area contributed by atoms with E-state index in [4.69, 9.17) is 9.47 Å². The molecule has 0 amide bonds. The fourth-order valence-corrected chi connectivity index (χ4v) is 3.58. The Bertz CT molecular complexity index is 722. The summed E-state index contributed by atoms with van der Waals surface area (Å²) in [5.74, 6) is 1.58. The fourth-order valence-electron chi connectivity index (χ4n) is 3.58. The number of hydrogen-bond donors (Lipinski definition) is 1. The number of ether oxygens (including phenoxy) is 2. The lowest BCUT2D eigenvalue weighted by Crippen LogP contribution is -2.45. The van der Waals surface area contributed by atoms with E-state index in [-0.39, 0.29) is 24.8 Å². The second kappa shape index (κ2) is 13.5. The Morgan fingerprint density at radius 1 is 1.07 bits per heavy atom. The predicted octanol–water partition coefficient (Wildman–Crippen LogP) is 5.03. The van der Waals surface area contributed by atoms with Gasteiger partial charge in [-0.25, -0.2) is 0 Å². The van der Waals surface area contributed by atoms with Crippen LogP contribution in [0.25, 0.3) is 0 Å². The smallest absolute Gasteiger partial charge is 0.161 e. The van der Waals surface area contributed by atoms with Crippen LogP contribution in [0, 0.1) is 0 Å². The molecule has 1 aliphatic rings. The highest BCUT2D eigenvalue weighted by atomic mass is 35.5. The minimum atomic E-state index is 0. The van der Waals surface area contributed by atoms with Gasteiger partial charge >= 0.3 is 0 Å². The quantitative estimate of drug-likeness (QED) is 0.556. The van der Waals surface area contributed by atoms with E-state index >= 15 is 0 Å². The number of piperazine rings is 1. The molecule has 3 rings (SSSR count). The molecule has 1 N–H and O–H groups in total. The van der Waals surface area contributed by atoms with E-state index in [1.54, 1.807) is 7.11 Å². The van der Waals surface area contributed by atoms with Crippen LogP contribution in [-0.4, -0.2) is 38.2 Å². The Morgan fingerprint density at radius 3 is 2.45 bits per heavy atom. The molecule has 29 heavy (non-hydrogen) atoms. The zero-order valence-electron chi connectivity index (χ0n) is 17.0. The van der Waals surface area contributed by atoms with Gasteiger partial charge in [0.2, 0.25) is 0 Å². The van der Waals surface area contributed by atoms with Crippen molar-refractivity contribution in [2.45, 2.75) is 25.5 Å². The average molecular weight is 439 g/mol. The maximum atomic E-state index is 6.01. The van der Waals surface area contributed by atoms with Crippen LogP contribution in [0.15, 0.2) is 61.2 Å². The Hall–Kier alpha value is -1.72. The van der Waals surface area contributed by atoms with Crippen molar-refractivity contribution in [3.8, 4) is 11.5 Å². The van der Waals surface area contributed by atoms with E-state index in [1.807, 2.05) is 30.3 Å². The van der Waals surface area contributed by atoms with Gasteiger partial charge in [0.1, 0.15) is 6.61 Å². The number of halogens is 2. The molecule has 2 aromatic rings. The van der Waals surface area contributed by atoms with E-state index in [1.165, 1.54) is 5.56 Å². The van der Waals surface area contributed by atoms with E-state index in [2.05, 4.69) is 41.1 Å². The largest absolute Gasteiger partial charge is 0.493 e.